The molecule has 0 saturated heterocycles. The first-order valence-electron chi connectivity index (χ1n) is 5.30. The average molecular weight is 275 g/mol. The van der Waals surface area contributed by atoms with Crippen molar-refractivity contribution in [1.29, 1.82) is 0 Å². The lowest BCUT2D eigenvalue weighted by Crippen LogP contribution is -2.34. The summed E-state index contributed by atoms with van der Waals surface area (Å²) >= 11 is 11.9. The number of amides is 1. The van der Waals surface area contributed by atoms with E-state index in [9.17, 15) is 4.79 Å². The van der Waals surface area contributed by atoms with E-state index in [2.05, 4.69) is 5.32 Å². The van der Waals surface area contributed by atoms with Gasteiger partial charge in [-0.2, -0.15) is 0 Å². The number of carbonyl (C=O) groups is 1. The Morgan fingerprint density at radius 2 is 2.06 bits per heavy atom. The SMILES string of the molecule is C[C@@H](NCC(=O)N(C)C)c1ccc(Cl)cc1Cl. The Labute approximate surface area is 112 Å². The Morgan fingerprint density at radius 3 is 2.59 bits per heavy atom. The van der Waals surface area contributed by atoms with E-state index in [0.717, 1.165) is 5.56 Å². The smallest absolute Gasteiger partial charge is 0.236 e. The van der Waals surface area contributed by atoms with Crippen LogP contribution in [0.5, 0.6) is 0 Å². The zero-order valence-electron chi connectivity index (χ0n) is 10.1. The summed E-state index contributed by atoms with van der Waals surface area (Å²) in [5, 5.41) is 4.33. The number of benzene rings is 1. The van der Waals surface area contributed by atoms with Gasteiger partial charge in [0.1, 0.15) is 0 Å². The van der Waals surface area contributed by atoms with Crippen molar-refractivity contribution in [2.45, 2.75) is 13.0 Å². The number of nitrogens with zero attached hydrogens (tertiary/aromatic N) is 1. The highest BCUT2D eigenvalue weighted by Crippen LogP contribution is 2.25. The summed E-state index contributed by atoms with van der Waals surface area (Å²) in [6.45, 7) is 2.24. The Kier molecular flexibility index (Phi) is 5.25. The van der Waals surface area contributed by atoms with Crippen LogP contribution in [0, 0.1) is 0 Å². The lowest BCUT2D eigenvalue weighted by molar-refractivity contribution is -0.127. The molecular formula is C12H16Cl2N2O. The van der Waals surface area contributed by atoms with E-state index in [4.69, 9.17) is 23.2 Å². The van der Waals surface area contributed by atoms with Crippen LogP contribution >= 0.6 is 23.2 Å². The fourth-order valence-corrected chi connectivity index (χ4v) is 1.93. The molecule has 1 N–H and O–H groups in total. The van der Waals surface area contributed by atoms with Crippen molar-refractivity contribution in [3.8, 4) is 0 Å². The fourth-order valence-electron chi connectivity index (χ4n) is 1.36. The van der Waals surface area contributed by atoms with Gasteiger partial charge in [0, 0.05) is 30.2 Å². The van der Waals surface area contributed by atoms with Gasteiger partial charge in [-0.3, -0.25) is 4.79 Å². The number of rotatable bonds is 4. The zero-order valence-corrected chi connectivity index (χ0v) is 11.6. The second-order valence-electron chi connectivity index (χ2n) is 4.06. The highest BCUT2D eigenvalue weighted by molar-refractivity contribution is 6.35. The molecule has 0 aliphatic rings. The minimum Gasteiger partial charge on any atom is -0.348 e. The molecule has 1 rings (SSSR count). The molecule has 0 aliphatic carbocycles. The first-order valence-corrected chi connectivity index (χ1v) is 6.06. The van der Waals surface area contributed by atoms with Gasteiger partial charge in [-0.1, -0.05) is 29.3 Å². The molecule has 0 aromatic heterocycles. The van der Waals surface area contributed by atoms with Crippen molar-refractivity contribution in [1.82, 2.24) is 10.2 Å². The van der Waals surface area contributed by atoms with E-state index >= 15 is 0 Å². The largest absolute Gasteiger partial charge is 0.348 e. The standard InChI is InChI=1S/C12H16Cl2N2O/c1-8(15-7-12(17)16(2)3)10-5-4-9(13)6-11(10)14/h4-6,8,15H,7H2,1-3H3/t8-/m1/s1. The highest BCUT2D eigenvalue weighted by Gasteiger charge is 2.11. The molecule has 1 amide bonds. The molecular weight excluding hydrogens is 259 g/mol. The molecule has 0 fully saturated rings. The molecule has 3 nitrogen and oxygen atoms in total. The summed E-state index contributed by atoms with van der Waals surface area (Å²) in [5.74, 6) is 0.0296. The van der Waals surface area contributed by atoms with Gasteiger partial charge >= 0.3 is 0 Å². The number of halogens is 2. The topological polar surface area (TPSA) is 32.3 Å². The third-order valence-corrected chi connectivity index (χ3v) is 3.05. The maximum atomic E-state index is 11.4. The van der Waals surface area contributed by atoms with Gasteiger partial charge in [0.15, 0.2) is 0 Å². The highest BCUT2D eigenvalue weighted by atomic mass is 35.5. The average Bonchev–Trinajstić information content (AvgIpc) is 2.25. The molecule has 0 saturated carbocycles. The molecule has 0 radical (unpaired) electrons. The first kappa shape index (κ1) is 14.3. The van der Waals surface area contributed by atoms with Crippen LogP contribution in [0.15, 0.2) is 18.2 Å². The second kappa shape index (κ2) is 6.24. The van der Waals surface area contributed by atoms with Crippen molar-refractivity contribution >= 4 is 29.1 Å². The lowest BCUT2D eigenvalue weighted by Gasteiger charge is -2.17. The number of hydrogen-bond donors (Lipinski definition) is 1. The monoisotopic (exact) mass is 274 g/mol. The maximum Gasteiger partial charge on any atom is 0.236 e. The van der Waals surface area contributed by atoms with E-state index in [0.29, 0.717) is 10.0 Å². The summed E-state index contributed by atoms with van der Waals surface area (Å²) < 4.78 is 0. The Hall–Kier alpha value is -0.770. The van der Waals surface area contributed by atoms with Crippen LogP contribution in [-0.2, 0) is 4.79 Å². The minimum atomic E-state index is 0.00340. The predicted octanol–water partition coefficient (Wildman–Crippen LogP) is 2.73. The summed E-state index contributed by atoms with van der Waals surface area (Å²) in [6.07, 6.45) is 0. The van der Waals surface area contributed by atoms with Crippen molar-refractivity contribution in [3.63, 3.8) is 0 Å². The van der Waals surface area contributed by atoms with Crippen LogP contribution in [0.2, 0.25) is 10.0 Å². The van der Waals surface area contributed by atoms with Crippen molar-refractivity contribution in [2.24, 2.45) is 0 Å². The van der Waals surface area contributed by atoms with Gasteiger partial charge in [-0.05, 0) is 24.6 Å². The van der Waals surface area contributed by atoms with E-state index in [1.807, 2.05) is 13.0 Å². The number of likely N-dealkylation sites (N-methyl/N-ethyl adjacent to an activating group) is 1. The lowest BCUT2D eigenvalue weighted by atomic mass is 10.1. The Morgan fingerprint density at radius 1 is 1.41 bits per heavy atom. The number of carbonyl (C=O) groups excluding carboxylic acids is 1. The molecule has 17 heavy (non-hydrogen) atoms. The second-order valence-corrected chi connectivity index (χ2v) is 4.90. The van der Waals surface area contributed by atoms with Crippen molar-refractivity contribution in [3.05, 3.63) is 33.8 Å². The molecule has 0 heterocycles. The van der Waals surface area contributed by atoms with Gasteiger partial charge in [0.25, 0.3) is 0 Å². The quantitative estimate of drug-likeness (QED) is 0.916. The zero-order chi connectivity index (χ0) is 13.0. The molecule has 1 aromatic rings. The van der Waals surface area contributed by atoms with Crippen LogP contribution in [0.25, 0.3) is 0 Å². The van der Waals surface area contributed by atoms with Crippen molar-refractivity contribution in [2.75, 3.05) is 20.6 Å². The molecule has 1 atom stereocenters. The van der Waals surface area contributed by atoms with Crippen LogP contribution in [0.4, 0.5) is 0 Å². The molecule has 0 spiro atoms. The molecule has 94 valence electrons. The van der Waals surface area contributed by atoms with Crippen LogP contribution < -0.4 is 5.32 Å². The van der Waals surface area contributed by atoms with Gasteiger partial charge in [-0.25, -0.2) is 0 Å². The molecule has 0 unspecified atom stereocenters. The predicted molar refractivity (Wildman–Crippen MR) is 71.6 cm³/mol. The normalized spacial score (nSPS) is 12.3. The first-order chi connectivity index (χ1) is 7.91. The Bertz CT molecular complexity index is 407. The van der Waals surface area contributed by atoms with Crippen LogP contribution in [0.1, 0.15) is 18.5 Å². The van der Waals surface area contributed by atoms with Crippen LogP contribution in [-0.4, -0.2) is 31.4 Å². The molecule has 0 bridgehead atoms. The number of hydrogen-bond acceptors (Lipinski definition) is 2. The summed E-state index contributed by atoms with van der Waals surface area (Å²) in [6, 6.07) is 5.35. The Balaban J connectivity index is 2.64. The van der Waals surface area contributed by atoms with E-state index < -0.39 is 0 Å². The summed E-state index contributed by atoms with van der Waals surface area (Å²) in [4.78, 5) is 13.0. The summed E-state index contributed by atoms with van der Waals surface area (Å²) in [5.41, 5.74) is 0.933. The van der Waals surface area contributed by atoms with E-state index in [-0.39, 0.29) is 18.5 Å². The molecule has 1 aromatic carbocycles. The fraction of sp³-hybridized carbons (Fsp3) is 0.417. The van der Waals surface area contributed by atoms with E-state index in [1.165, 1.54) is 0 Å². The van der Waals surface area contributed by atoms with Crippen molar-refractivity contribution < 1.29 is 4.79 Å². The van der Waals surface area contributed by atoms with Gasteiger partial charge in [0.2, 0.25) is 5.91 Å². The third-order valence-electron chi connectivity index (χ3n) is 2.49. The summed E-state index contributed by atoms with van der Waals surface area (Å²) in [7, 11) is 3.45. The maximum absolute atomic E-state index is 11.4. The van der Waals surface area contributed by atoms with Crippen LogP contribution in [0.3, 0.4) is 0 Å². The van der Waals surface area contributed by atoms with E-state index in [1.54, 1.807) is 31.1 Å². The number of nitrogens with one attached hydrogen (secondary N) is 1. The molecule has 5 heteroatoms. The van der Waals surface area contributed by atoms with Gasteiger partial charge < -0.3 is 10.2 Å². The van der Waals surface area contributed by atoms with Gasteiger partial charge in [-0.15, -0.1) is 0 Å². The molecule has 0 aliphatic heterocycles. The van der Waals surface area contributed by atoms with Gasteiger partial charge in [0.05, 0.1) is 6.54 Å². The third kappa shape index (κ3) is 4.19. The minimum absolute atomic E-state index is 0.00340.